The largest absolute Gasteiger partial charge is 0.496 e. The number of methoxy groups -OCH3 is 1. The monoisotopic (exact) mass is 357 g/mol. The van der Waals surface area contributed by atoms with Gasteiger partial charge in [0.2, 0.25) is 0 Å². The summed E-state index contributed by atoms with van der Waals surface area (Å²) in [6.07, 6.45) is 0.508. The van der Waals surface area contributed by atoms with Crippen LogP contribution in [0.3, 0.4) is 0 Å². The first kappa shape index (κ1) is 15.3. The Bertz CT molecular complexity index is 601. The number of hydrogen-bond acceptors (Lipinski definition) is 2. The van der Waals surface area contributed by atoms with Gasteiger partial charge in [0.1, 0.15) is 11.6 Å². The fraction of sp³-hybridized carbons (Fsp3) is 0.200. The predicted molar refractivity (Wildman–Crippen MR) is 82.7 cm³/mol. The zero-order valence-electron chi connectivity index (χ0n) is 10.9. The SMILES string of the molecule is COc1cc(Cl)ccc1C(N)Cc1cc(F)cc(Br)c1. The van der Waals surface area contributed by atoms with E-state index in [2.05, 4.69) is 15.9 Å². The summed E-state index contributed by atoms with van der Waals surface area (Å²) >= 11 is 9.20. The Hall–Kier alpha value is -1.10. The van der Waals surface area contributed by atoms with E-state index in [0.717, 1.165) is 11.1 Å². The molecule has 1 atom stereocenters. The minimum absolute atomic E-state index is 0.287. The lowest BCUT2D eigenvalue weighted by Crippen LogP contribution is -2.14. The van der Waals surface area contributed by atoms with Crippen LogP contribution in [-0.2, 0) is 6.42 Å². The zero-order valence-corrected chi connectivity index (χ0v) is 13.2. The topological polar surface area (TPSA) is 35.2 Å². The van der Waals surface area contributed by atoms with E-state index in [9.17, 15) is 4.39 Å². The Labute approximate surface area is 130 Å². The van der Waals surface area contributed by atoms with Gasteiger partial charge in [0.15, 0.2) is 0 Å². The first-order valence-electron chi connectivity index (χ1n) is 6.03. The van der Waals surface area contributed by atoms with Crippen LogP contribution >= 0.6 is 27.5 Å². The van der Waals surface area contributed by atoms with Crippen molar-refractivity contribution in [3.63, 3.8) is 0 Å². The highest BCUT2D eigenvalue weighted by Crippen LogP contribution is 2.29. The quantitative estimate of drug-likeness (QED) is 0.874. The van der Waals surface area contributed by atoms with Crippen molar-refractivity contribution in [3.8, 4) is 5.75 Å². The van der Waals surface area contributed by atoms with E-state index in [0.29, 0.717) is 21.7 Å². The minimum Gasteiger partial charge on any atom is -0.496 e. The third-order valence-corrected chi connectivity index (χ3v) is 3.67. The Morgan fingerprint density at radius 1 is 1.30 bits per heavy atom. The van der Waals surface area contributed by atoms with Crippen LogP contribution in [0.4, 0.5) is 4.39 Å². The van der Waals surface area contributed by atoms with Gasteiger partial charge in [-0.05, 0) is 42.3 Å². The Morgan fingerprint density at radius 2 is 2.05 bits per heavy atom. The lowest BCUT2D eigenvalue weighted by atomic mass is 9.99. The third kappa shape index (κ3) is 3.72. The lowest BCUT2D eigenvalue weighted by molar-refractivity contribution is 0.405. The van der Waals surface area contributed by atoms with Crippen molar-refractivity contribution < 1.29 is 9.13 Å². The van der Waals surface area contributed by atoms with Gasteiger partial charge in [-0.15, -0.1) is 0 Å². The third-order valence-electron chi connectivity index (χ3n) is 2.97. The van der Waals surface area contributed by atoms with Crippen molar-refractivity contribution in [3.05, 3.63) is 62.8 Å². The molecule has 0 spiro atoms. The van der Waals surface area contributed by atoms with Gasteiger partial charge >= 0.3 is 0 Å². The molecule has 0 heterocycles. The van der Waals surface area contributed by atoms with E-state index in [4.69, 9.17) is 22.1 Å². The van der Waals surface area contributed by atoms with Crippen LogP contribution in [0.5, 0.6) is 5.75 Å². The molecule has 20 heavy (non-hydrogen) atoms. The molecule has 2 N–H and O–H groups in total. The van der Waals surface area contributed by atoms with Crippen molar-refractivity contribution in [1.82, 2.24) is 0 Å². The number of benzene rings is 2. The normalized spacial score (nSPS) is 12.2. The van der Waals surface area contributed by atoms with E-state index in [1.807, 2.05) is 12.1 Å². The smallest absolute Gasteiger partial charge is 0.125 e. The highest BCUT2D eigenvalue weighted by atomic mass is 79.9. The number of hydrogen-bond donors (Lipinski definition) is 1. The average Bonchev–Trinajstić information content (AvgIpc) is 2.37. The first-order chi connectivity index (χ1) is 9.49. The van der Waals surface area contributed by atoms with Gasteiger partial charge < -0.3 is 10.5 Å². The van der Waals surface area contributed by atoms with E-state index in [1.54, 1.807) is 19.2 Å². The van der Waals surface area contributed by atoms with Gasteiger partial charge in [-0.1, -0.05) is 33.6 Å². The Balaban J connectivity index is 2.25. The van der Waals surface area contributed by atoms with Crippen molar-refractivity contribution in [2.45, 2.75) is 12.5 Å². The second-order valence-electron chi connectivity index (χ2n) is 4.47. The van der Waals surface area contributed by atoms with Gasteiger partial charge in [0.05, 0.1) is 7.11 Å². The van der Waals surface area contributed by atoms with Crippen LogP contribution < -0.4 is 10.5 Å². The molecule has 0 radical (unpaired) electrons. The molecule has 0 saturated carbocycles. The van der Waals surface area contributed by atoms with E-state index >= 15 is 0 Å². The fourth-order valence-electron chi connectivity index (χ4n) is 2.08. The molecule has 0 aliphatic heterocycles. The summed E-state index contributed by atoms with van der Waals surface area (Å²) in [5.41, 5.74) is 7.86. The minimum atomic E-state index is -0.295. The van der Waals surface area contributed by atoms with Crippen LogP contribution in [0.1, 0.15) is 17.2 Å². The lowest BCUT2D eigenvalue weighted by Gasteiger charge is -2.16. The van der Waals surface area contributed by atoms with Crippen molar-refractivity contribution in [2.75, 3.05) is 7.11 Å². The molecule has 2 aromatic carbocycles. The summed E-state index contributed by atoms with van der Waals surface area (Å²) in [6.45, 7) is 0. The maximum Gasteiger partial charge on any atom is 0.125 e. The van der Waals surface area contributed by atoms with E-state index < -0.39 is 0 Å². The predicted octanol–water partition coefficient (Wildman–Crippen LogP) is 4.49. The molecule has 0 fully saturated rings. The molecule has 0 aliphatic rings. The highest BCUT2D eigenvalue weighted by molar-refractivity contribution is 9.10. The van der Waals surface area contributed by atoms with Crippen LogP contribution in [0.2, 0.25) is 5.02 Å². The molecule has 2 rings (SSSR count). The summed E-state index contributed by atoms with van der Waals surface area (Å²) in [4.78, 5) is 0. The number of rotatable bonds is 4. The standard InChI is InChI=1S/C15H14BrClFNO/c1-20-15-8-11(17)2-3-13(15)14(19)6-9-4-10(16)7-12(18)5-9/h2-5,7-8,14H,6,19H2,1H3. The summed E-state index contributed by atoms with van der Waals surface area (Å²) < 4.78 is 19.3. The van der Waals surface area contributed by atoms with E-state index in [-0.39, 0.29) is 11.9 Å². The van der Waals surface area contributed by atoms with Crippen LogP contribution in [0, 0.1) is 5.82 Å². The number of nitrogens with two attached hydrogens (primary N) is 1. The van der Waals surface area contributed by atoms with Crippen LogP contribution in [-0.4, -0.2) is 7.11 Å². The molecule has 0 bridgehead atoms. The fourth-order valence-corrected chi connectivity index (χ4v) is 2.76. The number of ether oxygens (including phenoxy) is 1. The average molecular weight is 359 g/mol. The second kappa shape index (κ2) is 6.57. The summed E-state index contributed by atoms with van der Waals surface area (Å²) in [7, 11) is 1.57. The van der Waals surface area contributed by atoms with Gasteiger partial charge in [-0.3, -0.25) is 0 Å². The van der Waals surface area contributed by atoms with Crippen molar-refractivity contribution in [2.24, 2.45) is 5.73 Å². The summed E-state index contributed by atoms with van der Waals surface area (Å²) in [6, 6.07) is 9.77. The maximum absolute atomic E-state index is 13.4. The molecule has 0 aromatic heterocycles. The summed E-state index contributed by atoms with van der Waals surface area (Å²) in [5, 5.41) is 0.589. The van der Waals surface area contributed by atoms with Gasteiger partial charge in [-0.25, -0.2) is 4.39 Å². The Kier molecular flexibility index (Phi) is 5.02. The molecule has 2 nitrogen and oxygen atoms in total. The number of halogens is 3. The zero-order chi connectivity index (χ0) is 14.7. The first-order valence-corrected chi connectivity index (χ1v) is 7.20. The van der Waals surface area contributed by atoms with Gasteiger partial charge in [-0.2, -0.15) is 0 Å². The van der Waals surface area contributed by atoms with E-state index in [1.165, 1.54) is 12.1 Å². The maximum atomic E-state index is 13.4. The van der Waals surface area contributed by atoms with Gasteiger partial charge in [0, 0.05) is 21.1 Å². The van der Waals surface area contributed by atoms with Crippen molar-refractivity contribution >= 4 is 27.5 Å². The molecular weight excluding hydrogens is 345 g/mol. The van der Waals surface area contributed by atoms with Crippen LogP contribution in [0.25, 0.3) is 0 Å². The molecule has 0 saturated heterocycles. The Morgan fingerprint density at radius 3 is 2.70 bits per heavy atom. The molecule has 2 aromatic rings. The molecular formula is C15H14BrClFNO. The molecule has 5 heteroatoms. The molecule has 0 aliphatic carbocycles. The second-order valence-corrected chi connectivity index (χ2v) is 5.83. The highest BCUT2D eigenvalue weighted by Gasteiger charge is 2.14. The van der Waals surface area contributed by atoms with Crippen LogP contribution in [0.15, 0.2) is 40.9 Å². The van der Waals surface area contributed by atoms with Crippen molar-refractivity contribution in [1.29, 1.82) is 0 Å². The molecule has 0 amide bonds. The van der Waals surface area contributed by atoms with Gasteiger partial charge in [0.25, 0.3) is 0 Å². The molecule has 1 unspecified atom stereocenters. The molecule has 106 valence electrons. The summed E-state index contributed by atoms with van der Waals surface area (Å²) in [5.74, 6) is 0.352.